The van der Waals surface area contributed by atoms with E-state index in [1.54, 1.807) is 0 Å². The van der Waals surface area contributed by atoms with Gasteiger partial charge in [-0.15, -0.1) is 0 Å². The van der Waals surface area contributed by atoms with E-state index in [4.69, 9.17) is 5.73 Å². The number of β-amino-alcohol motifs (C(OH)–C–C–N with tert-alkyl or cyclic N) is 1. The van der Waals surface area contributed by atoms with Crippen LogP contribution in [0.15, 0.2) is 35.4 Å². The van der Waals surface area contributed by atoms with Gasteiger partial charge in [0.15, 0.2) is 0 Å². The fourth-order valence-corrected chi connectivity index (χ4v) is 4.83. The molecule has 8 heteroatoms. The Bertz CT molecular complexity index is 1040. The fourth-order valence-electron chi connectivity index (χ4n) is 3.77. The molecule has 1 amide bonds. The second-order valence-corrected chi connectivity index (χ2v) is 8.73. The second-order valence-electron chi connectivity index (χ2n) is 7.64. The number of nitrogens with zero attached hydrogens (tertiary/aromatic N) is 4. The minimum Gasteiger partial charge on any atom is -0.391 e. The summed E-state index contributed by atoms with van der Waals surface area (Å²) in [6.07, 6.45) is 0.710. The lowest BCUT2D eigenvalue weighted by Crippen LogP contribution is -2.43. The van der Waals surface area contributed by atoms with E-state index in [1.165, 1.54) is 0 Å². The molecule has 1 aliphatic rings. The Kier molecular flexibility index (Phi) is 7.17. The number of aliphatic hydroxyl groups excluding tert-OH is 1. The van der Waals surface area contributed by atoms with Gasteiger partial charge in [-0.3, -0.25) is 4.79 Å². The summed E-state index contributed by atoms with van der Waals surface area (Å²) in [5.74, 6) is 0.0770. The third kappa shape index (κ3) is 4.66. The first kappa shape index (κ1) is 22.6. The van der Waals surface area contributed by atoms with Crippen LogP contribution in [0.25, 0.3) is 0 Å². The first-order valence-corrected chi connectivity index (χ1v) is 11.1. The number of carbonyl (C=O) groups is 1. The van der Waals surface area contributed by atoms with E-state index < -0.39 is 17.3 Å². The SMILES string of the molecule is CCc1c(C#N)c(S[C@@H](C(N)=O)c2ccccc2)nc(N2CC[C@@H](C)[C@H](O)C2)c1C#N. The number of nitrogens with two attached hydrogens (primary N) is 1. The smallest absolute Gasteiger partial charge is 0.235 e. The maximum absolute atomic E-state index is 12.2. The average Bonchev–Trinajstić information content (AvgIpc) is 2.78. The minimum absolute atomic E-state index is 0.164. The number of hydrogen-bond acceptors (Lipinski definition) is 7. The van der Waals surface area contributed by atoms with Crippen molar-refractivity contribution in [1.82, 2.24) is 4.98 Å². The van der Waals surface area contributed by atoms with Crippen LogP contribution in [0.5, 0.6) is 0 Å². The van der Waals surface area contributed by atoms with Crippen LogP contribution in [0.4, 0.5) is 5.82 Å². The number of pyridine rings is 1. The number of benzene rings is 1. The lowest BCUT2D eigenvalue weighted by molar-refractivity contribution is -0.117. The highest BCUT2D eigenvalue weighted by Gasteiger charge is 2.30. The normalized spacial score (nSPS) is 19.3. The topological polar surface area (TPSA) is 127 Å². The largest absolute Gasteiger partial charge is 0.391 e. The van der Waals surface area contributed by atoms with Gasteiger partial charge in [-0.05, 0) is 29.9 Å². The molecular formula is C23H25N5O2S. The van der Waals surface area contributed by atoms with Gasteiger partial charge in [0.2, 0.25) is 5.91 Å². The van der Waals surface area contributed by atoms with Crippen molar-refractivity contribution < 1.29 is 9.90 Å². The van der Waals surface area contributed by atoms with Crippen LogP contribution in [0, 0.1) is 28.6 Å². The van der Waals surface area contributed by atoms with Crippen molar-refractivity contribution in [2.24, 2.45) is 11.7 Å². The molecule has 1 aromatic heterocycles. The zero-order valence-corrected chi connectivity index (χ0v) is 18.4. The third-order valence-electron chi connectivity index (χ3n) is 5.63. The molecule has 2 heterocycles. The number of nitriles is 2. The van der Waals surface area contributed by atoms with Crippen LogP contribution in [-0.2, 0) is 11.2 Å². The fraction of sp³-hybridized carbons (Fsp3) is 0.391. The maximum Gasteiger partial charge on any atom is 0.235 e. The number of amides is 1. The standard InChI is InChI=1S/C23H25N5O2S/c1-3-16-17(11-24)22(28-10-9-14(2)19(29)13-28)27-23(18(16)12-25)31-20(21(26)30)15-7-5-4-6-8-15/h4-8,14,19-20,29H,3,9-10,13H2,1-2H3,(H2,26,30)/t14-,19-,20-/m1/s1. The Balaban J connectivity index is 2.12. The summed E-state index contributed by atoms with van der Waals surface area (Å²) in [5.41, 5.74) is 7.64. The molecule has 7 nitrogen and oxygen atoms in total. The Hall–Kier alpha value is -3.07. The molecule has 160 valence electrons. The molecule has 0 aliphatic carbocycles. The zero-order chi connectivity index (χ0) is 22.5. The monoisotopic (exact) mass is 435 g/mol. The first-order valence-electron chi connectivity index (χ1n) is 10.2. The number of carbonyl (C=O) groups excluding carboxylic acids is 1. The van der Waals surface area contributed by atoms with Gasteiger partial charge in [0.25, 0.3) is 0 Å². The molecule has 1 fully saturated rings. The van der Waals surface area contributed by atoms with E-state index in [2.05, 4.69) is 17.1 Å². The van der Waals surface area contributed by atoms with Gasteiger partial charge >= 0.3 is 0 Å². The molecule has 3 N–H and O–H groups in total. The molecule has 0 spiro atoms. The van der Waals surface area contributed by atoms with Gasteiger partial charge in [0.05, 0.1) is 17.2 Å². The van der Waals surface area contributed by atoms with Crippen LogP contribution in [-0.4, -0.2) is 35.2 Å². The lowest BCUT2D eigenvalue weighted by Gasteiger charge is -2.36. The maximum atomic E-state index is 12.2. The third-order valence-corrected chi connectivity index (χ3v) is 6.89. The molecular weight excluding hydrogens is 410 g/mol. The van der Waals surface area contributed by atoms with E-state index >= 15 is 0 Å². The quantitative estimate of drug-likeness (QED) is 0.668. The van der Waals surface area contributed by atoms with E-state index in [0.29, 0.717) is 47.0 Å². The summed E-state index contributed by atoms with van der Waals surface area (Å²) < 4.78 is 0. The highest BCUT2D eigenvalue weighted by molar-refractivity contribution is 8.00. The number of primary amides is 1. The molecule has 0 bridgehead atoms. The predicted octanol–water partition coefficient (Wildman–Crippen LogP) is 2.91. The Morgan fingerprint density at radius 3 is 2.55 bits per heavy atom. The number of aromatic nitrogens is 1. The number of rotatable bonds is 6. The summed E-state index contributed by atoms with van der Waals surface area (Å²) in [4.78, 5) is 18.8. The van der Waals surface area contributed by atoms with Crippen LogP contribution in [0.1, 0.15) is 47.8 Å². The first-order chi connectivity index (χ1) is 14.9. The average molecular weight is 436 g/mol. The Morgan fingerprint density at radius 1 is 1.32 bits per heavy atom. The summed E-state index contributed by atoms with van der Waals surface area (Å²) >= 11 is 1.12. The minimum atomic E-state index is -0.724. The van der Waals surface area contributed by atoms with Gasteiger partial charge in [-0.2, -0.15) is 10.5 Å². The zero-order valence-electron chi connectivity index (χ0n) is 17.6. The van der Waals surface area contributed by atoms with E-state index in [0.717, 1.165) is 23.7 Å². The molecule has 1 aromatic carbocycles. The molecule has 31 heavy (non-hydrogen) atoms. The summed E-state index contributed by atoms with van der Waals surface area (Å²) in [7, 11) is 0. The van der Waals surface area contributed by atoms with Crippen molar-refractivity contribution in [3.05, 3.63) is 52.6 Å². The Labute approximate surface area is 186 Å². The van der Waals surface area contributed by atoms with Crippen molar-refractivity contribution in [2.75, 3.05) is 18.0 Å². The van der Waals surface area contributed by atoms with E-state index in [9.17, 15) is 20.4 Å². The molecule has 0 saturated carbocycles. The van der Waals surface area contributed by atoms with Crippen LogP contribution in [0.2, 0.25) is 0 Å². The van der Waals surface area contributed by atoms with Crippen molar-refractivity contribution in [1.29, 1.82) is 10.5 Å². The molecule has 3 rings (SSSR count). The van der Waals surface area contributed by atoms with Gasteiger partial charge < -0.3 is 15.7 Å². The second kappa shape index (κ2) is 9.82. The molecule has 1 aliphatic heterocycles. The predicted molar refractivity (Wildman–Crippen MR) is 119 cm³/mol. The Morgan fingerprint density at radius 2 is 2.00 bits per heavy atom. The van der Waals surface area contributed by atoms with Crippen molar-refractivity contribution in [2.45, 2.75) is 43.1 Å². The number of thioether (sulfide) groups is 1. The number of hydrogen-bond donors (Lipinski definition) is 2. The van der Waals surface area contributed by atoms with Crippen molar-refractivity contribution in [3.63, 3.8) is 0 Å². The van der Waals surface area contributed by atoms with Gasteiger partial charge in [0.1, 0.15) is 28.2 Å². The highest BCUT2D eigenvalue weighted by atomic mass is 32.2. The van der Waals surface area contributed by atoms with Gasteiger partial charge in [-0.25, -0.2) is 4.98 Å². The van der Waals surface area contributed by atoms with Crippen molar-refractivity contribution in [3.8, 4) is 12.1 Å². The summed E-state index contributed by atoms with van der Waals surface area (Å²) in [6.45, 7) is 4.89. The van der Waals surface area contributed by atoms with Gasteiger partial charge in [-0.1, -0.05) is 55.9 Å². The summed E-state index contributed by atoms with van der Waals surface area (Å²) in [6, 6.07) is 13.5. The van der Waals surface area contributed by atoms with Crippen molar-refractivity contribution >= 4 is 23.5 Å². The van der Waals surface area contributed by atoms with E-state index in [1.807, 2.05) is 49.1 Å². The molecule has 0 unspecified atom stereocenters. The number of piperidine rings is 1. The molecule has 0 radical (unpaired) electrons. The number of anilines is 1. The highest BCUT2D eigenvalue weighted by Crippen LogP contribution is 2.40. The van der Waals surface area contributed by atoms with Crippen LogP contribution < -0.4 is 10.6 Å². The lowest BCUT2D eigenvalue weighted by atomic mass is 9.95. The summed E-state index contributed by atoms with van der Waals surface area (Å²) in [5, 5.41) is 29.7. The molecule has 2 aromatic rings. The number of aliphatic hydroxyl groups is 1. The van der Waals surface area contributed by atoms with Crippen LogP contribution >= 0.6 is 11.8 Å². The molecule has 1 saturated heterocycles. The van der Waals surface area contributed by atoms with E-state index in [-0.39, 0.29) is 5.92 Å². The van der Waals surface area contributed by atoms with Crippen LogP contribution in [0.3, 0.4) is 0 Å². The molecule has 3 atom stereocenters. The van der Waals surface area contributed by atoms with Gasteiger partial charge in [0, 0.05) is 13.1 Å².